The minimum absolute atomic E-state index is 0.0938. The van der Waals surface area contributed by atoms with E-state index in [0.29, 0.717) is 0 Å². The Kier molecular flexibility index (Phi) is 2.90. The van der Waals surface area contributed by atoms with Gasteiger partial charge in [-0.25, -0.2) is 18.5 Å². The number of primary sulfonamides is 1. The molecule has 0 spiro atoms. The summed E-state index contributed by atoms with van der Waals surface area (Å²) in [5.41, 5.74) is 2.47. The van der Waals surface area contributed by atoms with E-state index >= 15 is 0 Å². The molecule has 0 atom stereocenters. The number of anilines is 2. The average Bonchev–Trinajstić information content (AvgIpc) is 2.70. The lowest BCUT2D eigenvalue weighted by molar-refractivity contribution is 0.598. The Morgan fingerprint density at radius 1 is 1.25 bits per heavy atom. The summed E-state index contributed by atoms with van der Waals surface area (Å²) in [6, 6.07) is 6.17. The summed E-state index contributed by atoms with van der Waals surface area (Å²) >= 11 is 1.48. The van der Waals surface area contributed by atoms with E-state index < -0.39 is 10.0 Å². The quantitative estimate of drug-likeness (QED) is 0.871. The van der Waals surface area contributed by atoms with Crippen molar-refractivity contribution in [3.05, 3.63) is 35.2 Å². The molecule has 0 amide bonds. The molecule has 0 saturated carbocycles. The van der Waals surface area contributed by atoms with Crippen molar-refractivity contribution in [2.45, 2.75) is 4.90 Å². The Balaban J connectivity index is 2.20. The molecule has 0 aliphatic heterocycles. The summed E-state index contributed by atoms with van der Waals surface area (Å²) < 4.78 is 22.0. The molecule has 3 N–H and O–H groups in total. The molecule has 0 bridgehead atoms. The summed E-state index contributed by atoms with van der Waals surface area (Å²) in [4.78, 5) is 4.14. The molecule has 5 nitrogen and oxygen atoms in total. The summed E-state index contributed by atoms with van der Waals surface area (Å²) in [6.45, 7) is 0. The van der Waals surface area contributed by atoms with Crippen molar-refractivity contribution < 1.29 is 8.42 Å². The zero-order chi connectivity index (χ0) is 11.6. The first-order valence-electron chi connectivity index (χ1n) is 4.34. The van der Waals surface area contributed by atoms with Gasteiger partial charge in [0.1, 0.15) is 5.82 Å². The van der Waals surface area contributed by atoms with Crippen molar-refractivity contribution in [3.8, 4) is 0 Å². The highest BCUT2D eigenvalue weighted by molar-refractivity contribution is 7.89. The lowest BCUT2D eigenvalue weighted by Crippen LogP contribution is -2.11. The summed E-state index contributed by atoms with van der Waals surface area (Å²) in [5.74, 6) is 0.730. The Hall–Kier alpha value is -1.44. The summed E-state index contributed by atoms with van der Waals surface area (Å²) in [5, 5.41) is 9.86. The summed E-state index contributed by atoms with van der Waals surface area (Å²) in [6.07, 6.45) is 0. The number of hydrogen-bond acceptors (Lipinski definition) is 5. The minimum atomic E-state index is -3.62. The van der Waals surface area contributed by atoms with Crippen LogP contribution in [0.1, 0.15) is 0 Å². The highest BCUT2D eigenvalue weighted by atomic mass is 32.2. The molecular weight excluding hydrogens is 246 g/mol. The van der Waals surface area contributed by atoms with Crippen LogP contribution in [0.15, 0.2) is 40.1 Å². The number of benzene rings is 1. The van der Waals surface area contributed by atoms with Gasteiger partial charge in [-0.3, -0.25) is 0 Å². The second kappa shape index (κ2) is 4.20. The average molecular weight is 255 g/mol. The van der Waals surface area contributed by atoms with Crippen LogP contribution in [0.5, 0.6) is 0 Å². The van der Waals surface area contributed by atoms with Crippen LogP contribution in [-0.4, -0.2) is 13.4 Å². The maximum atomic E-state index is 11.0. The smallest absolute Gasteiger partial charge is 0.238 e. The first-order valence-corrected chi connectivity index (χ1v) is 6.83. The Morgan fingerprint density at radius 2 is 1.94 bits per heavy atom. The van der Waals surface area contributed by atoms with Crippen molar-refractivity contribution >= 4 is 32.9 Å². The molecule has 84 valence electrons. The van der Waals surface area contributed by atoms with E-state index in [1.54, 1.807) is 17.6 Å². The molecule has 1 aromatic carbocycles. The monoisotopic (exact) mass is 255 g/mol. The molecule has 0 aliphatic carbocycles. The third-order valence-corrected chi connectivity index (χ3v) is 3.40. The molecule has 0 saturated heterocycles. The van der Waals surface area contributed by atoms with Crippen molar-refractivity contribution in [2.24, 2.45) is 5.14 Å². The highest BCUT2D eigenvalue weighted by Gasteiger charge is 2.06. The van der Waals surface area contributed by atoms with Crippen LogP contribution < -0.4 is 10.5 Å². The molecule has 2 aromatic rings. The first-order chi connectivity index (χ1) is 7.55. The second-order valence-electron chi connectivity index (χ2n) is 3.07. The Labute approximate surface area is 97.0 Å². The van der Waals surface area contributed by atoms with Crippen LogP contribution in [0.3, 0.4) is 0 Å². The van der Waals surface area contributed by atoms with Crippen LogP contribution in [0.2, 0.25) is 0 Å². The second-order valence-corrected chi connectivity index (χ2v) is 5.35. The van der Waals surface area contributed by atoms with Crippen LogP contribution in [0.4, 0.5) is 11.5 Å². The molecule has 0 fully saturated rings. The maximum Gasteiger partial charge on any atom is 0.238 e. The topological polar surface area (TPSA) is 85.1 Å². The van der Waals surface area contributed by atoms with Crippen molar-refractivity contribution in [1.29, 1.82) is 0 Å². The predicted octanol–water partition coefficient (Wildman–Crippen LogP) is 1.53. The molecule has 0 aliphatic rings. The SMILES string of the molecule is NS(=O)(=O)c1ccc(Nc2cscn2)cc1. The van der Waals surface area contributed by atoms with E-state index in [-0.39, 0.29) is 4.90 Å². The largest absolute Gasteiger partial charge is 0.340 e. The van der Waals surface area contributed by atoms with E-state index in [2.05, 4.69) is 10.3 Å². The van der Waals surface area contributed by atoms with E-state index in [9.17, 15) is 8.42 Å². The molecule has 16 heavy (non-hydrogen) atoms. The van der Waals surface area contributed by atoms with E-state index in [4.69, 9.17) is 5.14 Å². The van der Waals surface area contributed by atoms with Crippen molar-refractivity contribution in [3.63, 3.8) is 0 Å². The van der Waals surface area contributed by atoms with Gasteiger partial charge < -0.3 is 5.32 Å². The molecule has 0 radical (unpaired) electrons. The van der Waals surface area contributed by atoms with Crippen molar-refractivity contribution in [2.75, 3.05) is 5.32 Å². The van der Waals surface area contributed by atoms with Crippen LogP contribution >= 0.6 is 11.3 Å². The van der Waals surface area contributed by atoms with Gasteiger partial charge in [-0.1, -0.05) is 0 Å². The number of rotatable bonds is 3. The zero-order valence-electron chi connectivity index (χ0n) is 8.12. The van der Waals surface area contributed by atoms with E-state index in [1.807, 2.05) is 5.38 Å². The molecule has 7 heteroatoms. The fourth-order valence-corrected chi connectivity index (χ4v) is 2.15. The van der Waals surface area contributed by atoms with Crippen LogP contribution in [0.25, 0.3) is 0 Å². The van der Waals surface area contributed by atoms with Crippen molar-refractivity contribution in [1.82, 2.24) is 4.98 Å². The van der Waals surface area contributed by atoms with Crippen LogP contribution in [-0.2, 0) is 10.0 Å². The third-order valence-electron chi connectivity index (χ3n) is 1.89. The zero-order valence-corrected chi connectivity index (χ0v) is 9.75. The Bertz CT molecular complexity index is 561. The molecule has 2 rings (SSSR count). The van der Waals surface area contributed by atoms with Crippen LogP contribution in [0, 0.1) is 0 Å². The van der Waals surface area contributed by atoms with Gasteiger partial charge in [-0.05, 0) is 24.3 Å². The van der Waals surface area contributed by atoms with Gasteiger partial charge in [-0.2, -0.15) is 0 Å². The Morgan fingerprint density at radius 3 is 2.44 bits per heavy atom. The number of nitrogens with one attached hydrogen (secondary N) is 1. The van der Waals surface area contributed by atoms with E-state index in [1.165, 1.54) is 23.5 Å². The van der Waals surface area contributed by atoms with Gasteiger partial charge in [0, 0.05) is 11.1 Å². The lowest BCUT2D eigenvalue weighted by atomic mass is 10.3. The lowest BCUT2D eigenvalue weighted by Gasteiger charge is -2.03. The molecule has 0 unspecified atom stereocenters. The fraction of sp³-hybridized carbons (Fsp3) is 0. The molecule has 1 heterocycles. The number of thiazole rings is 1. The van der Waals surface area contributed by atoms with Gasteiger partial charge in [0.2, 0.25) is 10.0 Å². The molecule has 1 aromatic heterocycles. The van der Waals surface area contributed by atoms with Gasteiger partial charge in [0.15, 0.2) is 0 Å². The normalized spacial score (nSPS) is 11.3. The van der Waals surface area contributed by atoms with E-state index in [0.717, 1.165) is 11.5 Å². The fourth-order valence-electron chi connectivity index (χ4n) is 1.15. The molecular formula is C9H9N3O2S2. The van der Waals surface area contributed by atoms with Gasteiger partial charge >= 0.3 is 0 Å². The van der Waals surface area contributed by atoms with Gasteiger partial charge in [0.25, 0.3) is 0 Å². The number of nitrogens with zero attached hydrogens (tertiary/aromatic N) is 1. The number of nitrogens with two attached hydrogens (primary N) is 1. The minimum Gasteiger partial charge on any atom is -0.340 e. The first kappa shape index (κ1) is 11.1. The van der Waals surface area contributed by atoms with Gasteiger partial charge in [0.05, 0.1) is 10.4 Å². The summed E-state index contributed by atoms with van der Waals surface area (Å²) in [7, 11) is -3.62. The number of hydrogen-bond donors (Lipinski definition) is 2. The predicted molar refractivity (Wildman–Crippen MR) is 63.2 cm³/mol. The highest BCUT2D eigenvalue weighted by Crippen LogP contribution is 2.17. The third kappa shape index (κ3) is 2.57. The number of aromatic nitrogens is 1. The van der Waals surface area contributed by atoms with Gasteiger partial charge in [-0.15, -0.1) is 11.3 Å². The number of sulfonamides is 1. The standard InChI is InChI=1S/C9H9N3O2S2/c10-16(13,14)8-3-1-7(2-4-8)12-9-5-15-6-11-9/h1-6,12H,(H2,10,13,14). The maximum absolute atomic E-state index is 11.0.